The van der Waals surface area contributed by atoms with Gasteiger partial charge in [-0.15, -0.1) is 24.8 Å². The van der Waals surface area contributed by atoms with Crippen LogP contribution in [0.2, 0.25) is 0 Å². The van der Waals surface area contributed by atoms with Crippen molar-refractivity contribution in [2.24, 2.45) is 5.73 Å². The molecule has 24 heavy (non-hydrogen) atoms. The van der Waals surface area contributed by atoms with Crippen LogP contribution in [0.1, 0.15) is 5.56 Å². The van der Waals surface area contributed by atoms with Gasteiger partial charge in [-0.2, -0.15) is 4.98 Å². The Hall–Kier alpha value is -1.60. The van der Waals surface area contributed by atoms with E-state index in [1.165, 1.54) is 5.56 Å². The number of rotatable bonds is 4. The lowest BCUT2D eigenvalue weighted by Crippen LogP contribution is -2.37. The van der Waals surface area contributed by atoms with Crippen LogP contribution in [0.25, 0.3) is 11.3 Å². The summed E-state index contributed by atoms with van der Waals surface area (Å²) in [6.07, 6.45) is 0.880. The van der Waals surface area contributed by atoms with Gasteiger partial charge >= 0.3 is 0 Å². The van der Waals surface area contributed by atoms with Gasteiger partial charge in [0.05, 0.1) is 18.9 Å². The average Bonchev–Trinajstić information content (AvgIpc) is 2.56. The molecule has 2 heterocycles. The third kappa shape index (κ3) is 4.95. The molecule has 1 saturated heterocycles. The fourth-order valence-electron chi connectivity index (χ4n) is 2.51. The maximum Gasteiger partial charge on any atom is 0.228 e. The highest BCUT2D eigenvalue weighted by Crippen LogP contribution is 2.22. The third-order valence-corrected chi connectivity index (χ3v) is 3.71. The monoisotopic (exact) mass is 371 g/mol. The number of anilines is 2. The molecule has 0 bridgehead atoms. The number of benzene rings is 1. The molecule has 1 aliphatic rings. The fraction of sp³-hybridized carbons (Fsp3) is 0.375. The Morgan fingerprint density at radius 2 is 1.71 bits per heavy atom. The van der Waals surface area contributed by atoms with E-state index in [1.54, 1.807) is 0 Å². The predicted molar refractivity (Wildman–Crippen MR) is 102 cm³/mol. The molecule has 1 aliphatic heterocycles. The van der Waals surface area contributed by atoms with Gasteiger partial charge in [0.15, 0.2) is 0 Å². The first kappa shape index (κ1) is 20.4. The standard InChI is InChI=1S/C16H21N5O.2ClH/c17-6-5-12-1-3-13(4-2-12)14-11-15(18)20-16(19-14)21-7-9-22-10-8-21;;/h1-4,11H,5-10,17H2,(H2,18,19,20);2*1H. The van der Waals surface area contributed by atoms with Crippen LogP contribution in [0.15, 0.2) is 30.3 Å². The van der Waals surface area contributed by atoms with E-state index < -0.39 is 0 Å². The topological polar surface area (TPSA) is 90.3 Å². The highest BCUT2D eigenvalue weighted by Gasteiger charge is 2.15. The molecule has 3 rings (SSSR count). The highest BCUT2D eigenvalue weighted by atomic mass is 35.5. The minimum absolute atomic E-state index is 0. The van der Waals surface area contributed by atoms with Gasteiger partial charge in [0, 0.05) is 24.7 Å². The number of nitrogens with two attached hydrogens (primary N) is 2. The Labute approximate surface area is 154 Å². The molecule has 6 nitrogen and oxygen atoms in total. The molecule has 0 spiro atoms. The first-order valence-electron chi connectivity index (χ1n) is 7.53. The molecule has 0 aliphatic carbocycles. The molecule has 2 aromatic rings. The molecular weight excluding hydrogens is 349 g/mol. The molecule has 0 amide bonds. The molecule has 0 atom stereocenters. The number of ether oxygens (including phenoxy) is 1. The first-order valence-corrected chi connectivity index (χ1v) is 7.53. The molecular formula is C16H23Cl2N5O. The molecule has 4 N–H and O–H groups in total. The number of halogens is 2. The lowest BCUT2D eigenvalue weighted by atomic mass is 10.1. The minimum atomic E-state index is 0. The fourth-order valence-corrected chi connectivity index (χ4v) is 2.51. The van der Waals surface area contributed by atoms with Crippen molar-refractivity contribution in [2.75, 3.05) is 43.5 Å². The second-order valence-electron chi connectivity index (χ2n) is 5.31. The van der Waals surface area contributed by atoms with E-state index in [9.17, 15) is 0 Å². The van der Waals surface area contributed by atoms with Gasteiger partial charge in [-0.25, -0.2) is 4.98 Å². The van der Waals surface area contributed by atoms with Gasteiger partial charge in [0.1, 0.15) is 5.82 Å². The number of hydrogen-bond acceptors (Lipinski definition) is 6. The number of nitrogens with zero attached hydrogens (tertiary/aromatic N) is 3. The Kier molecular flexibility index (Phi) is 8.21. The van der Waals surface area contributed by atoms with E-state index in [4.69, 9.17) is 16.2 Å². The third-order valence-electron chi connectivity index (χ3n) is 3.71. The van der Waals surface area contributed by atoms with Crippen LogP contribution in [0.5, 0.6) is 0 Å². The second kappa shape index (κ2) is 9.64. The summed E-state index contributed by atoms with van der Waals surface area (Å²) >= 11 is 0. The molecule has 1 aromatic carbocycles. The van der Waals surface area contributed by atoms with Gasteiger partial charge in [-0.3, -0.25) is 0 Å². The van der Waals surface area contributed by atoms with E-state index in [0.717, 1.165) is 30.8 Å². The largest absolute Gasteiger partial charge is 0.384 e. The van der Waals surface area contributed by atoms with E-state index in [0.29, 0.717) is 31.5 Å². The maximum atomic E-state index is 5.96. The van der Waals surface area contributed by atoms with Crippen molar-refractivity contribution < 1.29 is 4.74 Å². The number of morpholine rings is 1. The molecule has 8 heteroatoms. The second-order valence-corrected chi connectivity index (χ2v) is 5.31. The van der Waals surface area contributed by atoms with Crippen molar-refractivity contribution in [1.29, 1.82) is 0 Å². The summed E-state index contributed by atoms with van der Waals surface area (Å²) in [5.74, 6) is 1.15. The summed E-state index contributed by atoms with van der Waals surface area (Å²) in [6, 6.07) is 10.1. The smallest absolute Gasteiger partial charge is 0.228 e. The Bertz CT molecular complexity index is 633. The van der Waals surface area contributed by atoms with Gasteiger partial charge in [0.25, 0.3) is 0 Å². The van der Waals surface area contributed by atoms with E-state index in [1.807, 2.05) is 6.07 Å². The van der Waals surface area contributed by atoms with Crippen LogP contribution in [0.4, 0.5) is 11.8 Å². The summed E-state index contributed by atoms with van der Waals surface area (Å²) in [5.41, 5.74) is 14.6. The quantitative estimate of drug-likeness (QED) is 0.852. The zero-order chi connectivity index (χ0) is 15.4. The summed E-state index contributed by atoms with van der Waals surface area (Å²) in [5, 5.41) is 0. The molecule has 0 radical (unpaired) electrons. The van der Waals surface area contributed by atoms with Crippen molar-refractivity contribution in [3.8, 4) is 11.3 Å². The lowest BCUT2D eigenvalue weighted by Gasteiger charge is -2.27. The Morgan fingerprint density at radius 3 is 2.33 bits per heavy atom. The minimum Gasteiger partial charge on any atom is -0.384 e. The van der Waals surface area contributed by atoms with Crippen molar-refractivity contribution >= 4 is 36.6 Å². The summed E-state index contributed by atoms with van der Waals surface area (Å²) in [6.45, 7) is 3.63. The van der Waals surface area contributed by atoms with Crippen LogP contribution in [0.3, 0.4) is 0 Å². The first-order chi connectivity index (χ1) is 10.8. The van der Waals surface area contributed by atoms with E-state index in [2.05, 4.69) is 39.1 Å². The SMILES string of the molecule is Cl.Cl.NCCc1ccc(-c2cc(N)nc(N3CCOCC3)n2)cc1. The predicted octanol–water partition coefficient (Wildman–Crippen LogP) is 1.91. The van der Waals surface area contributed by atoms with Crippen molar-refractivity contribution in [3.63, 3.8) is 0 Å². The summed E-state index contributed by atoms with van der Waals surface area (Å²) in [4.78, 5) is 11.1. The van der Waals surface area contributed by atoms with E-state index >= 15 is 0 Å². The number of nitrogen functional groups attached to an aromatic ring is 1. The van der Waals surface area contributed by atoms with Crippen molar-refractivity contribution in [2.45, 2.75) is 6.42 Å². The maximum absolute atomic E-state index is 5.96. The summed E-state index contributed by atoms with van der Waals surface area (Å²) in [7, 11) is 0. The van der Waals surface area contributed by atoms with Crippen LogP contribution in [-0.2, 0) is 11.2 Å². The van der Waals surface area contributed by atoms with Crippen LogP contribution in [-0.4, -0.2) is 42.8 Å². The van der Waals surface area contributed by atoms with Gasteiger partial charge in [-0.05, 0) is 18.5 Å². The molecule has 132 valence electrons. The van der Waals surface area contributed by atoms with Crippen LogP contribution >= 0.6 is 24.8 Å². The zero-order valence-corrected chi connectivity index (χ0v) is 15.0. The Morgan fingerprint density at radius 1 is 1.04 bits per heavy atom. The molecule has 0 saturated carbocycles. The van der Waals surface area contributed by atoms with Crippen molar-refractivity contribution in [3.05, 3.63) is 35.9 Å². The molecule has 0 unspecified atom stereocenters. The number of hydrogen-bond donors (Lipinski definition) is 2. The Balaban J connectivity index is 0.00000144. The average molecular weight is 372 g/mol. The number of aromatic nitrogens is 2. The summed E-state index contributed by atoms with van der Waals surface area (Å²) < 4.78 is 5.36. The van der Waals surface area contributed by atoms with E-state index in [-0.39, 0.29) is 24.8 Å². The normalized spacial score (nSPS) is 13.8. The van der Waals surface area contributed by atoms with Gasteiger partial charge < -0.3 is 21.1 Å². The highest BCUT2D eigenvalue weighted by molar-refractivity contribution is 5.85. The molecule has 1 fully saturated rings. The van der Waals surface area contributed by atoms with Crippen molar-refractivity contribution in [1.82, 2.24) is 9.97 Å². The van der Waals surface area contributed by atoms with Crippen LogP contribution in [0, 0.1) is 0 Å². The zero-order valence-electron chi connectivity index (χ0n) is 13.4. The van der Waals surface area contributed by atoms with Crippen LogP contribution < -0.4 is 16.4 Å². The van der Waals surface area contributed by atoms with Gasteiger partial charge in [-0.1, -0.05) is 24.3 Å². The van der Waals surface area contributed by atoms with Gasteiger partial charge in [0.2, 0.25) is 5.95 Å². The lowest BCUT2D eigenvalue weighted by molar-refractivity contribution is 0.122. The molecule has 1 aromatic heterocycles.